The first-order valence-corrected chi connectivity index (χ1v) is 6.92. The first-order valence-electron chi connectivity index (χ1n) is 6.92. The predicted octanol–water partition coefficient (Wildman–Crippen LogP) is 2.73. The molecule has 0 aliphatic rings. The van der Waals surface area contributed by atoms with Gasteiger partial charge in [-0.15, -0.1) is 0 Å². The third-order valence-corrected chi connectivity index (χ3v) is 3.14. The molecular weight excluding hydrogens is 262 g/mol. The third-order valence-electron chi connectivity index (χ3n) is 3.14. The fourth-order valence-corrected chi connectivity index (χ4v) is 2.17. The second-order valence-electron chi connectivity index (χ2n) is 5.20. The van der Waals surface area contributed by atoms with Crippen molar-refractivity contribution in [3.8, 4) is 11.8 Å². The molecule has 1 atom stereocenters. The van der Waals surface area contributed by atoms with E-state index in [4.69, 9.17) is 15.7 Å². The minimum absolute atomic E-state index is 0.0715. The molecule has 1 unspecified atom stereocenters. The van der Waals surface area contributed by atoms with Crippen LogP contribution in [0.2, 0.25) is 0 Å². The Balaban J connectivity index is 2.18. The number of aromatic nitrogens is 1. The number of rotatable bonds is 5. The number of hydrogen-bond acceptors (Lipinski definition) is 4. The Morgan fingerprint density at radius 3 is 2.86 bits per heavy atom. The van der Waals surface area contributed by atoms with Gasteiger partial charge < -0.3 is 10.5 Å². The summed E-state index contributed by atoms with van der Waals surface area (Å²) in [5, 5.41) is 9.04. The zero-order valence-corrected chi connectivity index (χ0v) is 12.3. The van der Waals surface area contributed by atoms with Gasteiger partial charge in [-0.25, -0.2) is 4.98 Å². The first kappa shape index (κ1) is 15.0. The lowest BCUT2D eigenvalue weighted by molar-refractivity contribution is 0.301. The molecule has 2 aromatic rings. The van der Waals surface area contributed by atoms with Crippen LogP contribution < -0.4 is 10.5 Å². The minimum atomic E-state index is 0.0715. The highest BCUT2D eigenvalue weighted by atomic mass is 16.5. The molecule has 0 fully saturated rings. The van der Waals surface area contributed by atoms with Crippen LogP contribution in [0.4, 0.5) is 0 Å². The summed E-state index contributed by atoms with van der Waals surface area (Å²) in [6, 6.07) is 11.9. The van der Waals surface area contributed by atoms with E-state index >= 15 is 0 Å². The van der Waals surface area contributed by atoms with Gasteiger partial charge in [0.2, 0.25) is 0 Å². The minimum Gasteiger partial charge on any atom is -0.489 e. The van der Waals surface area contributed by atoms with E-state index < -0.39 is 0 Å². The van der Waals surface area contributed by atoms with Gasteiger partial charge in [-0.2, -0.15) is 5.26 Å². The topological polar surface area (TPSA) is 71.9 Å². The van der Waals surface area contributed by atoms with E-state index in [2.05, 4.69) is 17.1 Å². The largest absolute Gasteiger partial charge is 0.489 e. The average Bonchev–Trinajstić information content (AvgIpc) is 2.46. The van der Waals surface area contributed by atoms with Crippen molar-refractivity contribution < 1.29 is 4.74 Å². The molecule has 1 aromatic heterocycles. The molecule has 0 saturated carbocycles. The number of nitrogens with zero attached hydrogens (tertiary/aromatic N) is 2. The van der Waals surface area contributed by atoms with Crippen LogP contribution in [0.5, 0.6) is 5.75 Å². The molecule has 0 radical (unpaired) electrons. The Morgan fingerprint density at radius 2 is 2.14 bits per heavy atom. The molecule has 2 rings (SSSR count). The van der Waals surface area contributed by atoms with E-state index in [0.29, 0.717) is 12.3 Å². The molecule has 0 aliphatic heterocycles. The number of pyridine rings is 1. The number of benzene rings is 1. The molecule has 108 valence electrons. The number of ether oxygens (including phenoxy) is 1. The van der Waals surface area contributed by atoms with Gasteiger partial charge in [-0.3, -0.25) is 0 Å². The van der Waals surface area contributed by atoms with Gasteiger partial charge in [0.15, 0.2) is 0 Å². The van der Waals surface area contributed by atoms with Gasteiger partial charge in [0.25, 0.3) is 0 Å². The molecule has 2 N–H and O–H groups in total. The van der Waals surface area contributed by atoms with Crippen molar-refractivity contribution in [1.82, 2.24) is 4.98 Å². The Labute approximate surface area is 125 Å². The normalized spacial score (nSPS) is 11.7. The molecular formula is C17H19N3O. The summed E-state index contributed by atoms with van der Waals surface area (Å²) >= 11 is 0. The molecule has 0 spiro atoms. The second-order valence-corrected chi connectivity index (χ2v) is 5.20. The Morgan fingerprint density at radius 1 is 1.33 bits per heavy atom. The fourth-order valence-electron chi connectivity index (χ4n) is 2.17. The summed E-state index contributed by atoms with van der Waals surface area (Å²) < 4.78 is 5.87. The van der Waals surface area contributed by atoms with E-state index in [1.165, 1.54) is 5.56 Å². The molecule has 1 aromatic carbocycles. The molecule has 4 nitrogen and oxygen atoms in total. The summed E-state index contributed by atoms with van der Waals surface area (Å²) in [7, 11) is 0. The van der Waals surface area contributed by atoms with Gasteiger partial charge in [-0.05, 0) is 38.0 Å². The summed E-state index contributed by atoms with van der Waals surface area (Å²) in [5.41, 5.74) is 9.34. The second kappa shape index (κ2) is 6.87. The lowest BCUT2D eigenvalue weighted by Gasteiger charge is -2.14. The van der Waals surface area contributed by atoms with Gasteiger partial charge in [-0.1, -0.05) is 23.8 Å². The van der Waals surface area contributed by atoms with Crippen LogP contribution in [0.1, 0.15) is 29.3 Å². The summed E-state index contributed by atoms with van der Waals surface area (Å²) in [5.74, 6) is 0.811. The Kier molecular flexibility index (Phi) is 4.91. The maximum atomic E-state index is 9.04. The smallest absolute Gasteiger partial charge is 0.147 e. The van der Waals surface area contributed by atoms with Crippen LogP contribution >= 0.6 is 0 Å². The highest BCUT2D eigenvalue weighted by Gasteiger charge is 2.09. The van der Waals surface area contributed by atoms with Crippen molar-refractivity contribution in [2.24, 2.45) is 5.73 Å². The Bertz CT molecular complexity index is 659. The quantitative estimate of drug-likeness (QED) is 0.914. The van der Waals surface area contributed by atoms with E-state index in [1.54, 1.807) is 12.3 Å². The van der Waals surface area contributed by atoms with Crippen molar-refractivity contribution >= 4 is 0 Å². The number of aryl methyl sites for hydroxylation is 1. The van der Waals surface area contributed by atoms with E-state index in [1.807, 2.05) is 32.0 Å². The molecule has 0 bridgehead atoms. The maximum absolute atomic E-state index is 9.04. The van der Waals surface area contributed by atoms with Crippen molar-refractivity contribution in [1.29, 1.82) is 5.26 Å². The van der Waals surface area contributed by atoms with Crippen LogP contribution in [0, 0.1) is 18.3 Å². The third kappa shape index (κ3) is 4.04. The Hall–Kier alpha value is -2.38. The van der Waals surface area contributed by atoms with Gasteiger partial charge in [0, 0.05) is 17.8 Å². The van der Waals surface area contributed by atoms with Crippen LogP contribution in [-0.2, 0) is 13.0 Å². The van der Waals surface area contributed by atoms with E-state index in [0.717, 1.165) is 23.3 Å². The van der Waals surface area contributed by atoms with E-state index in [9.17, 15) is 0 Å². The highest BCUT2D eigenvalue weighted by Crippen LogP contribution is 2.23. The SMILES string of the molecule is Cc1ccc(OCc2cccnc2C#N)c(CC(C)N)c1. The van der Waals surface area contributed by atoms with Gasteiger partial charge >= 0.3 is 0 Å². The van der Waals surface area contributed by atoms with Crippen LogP contribution in [0.3, 0.4) is 0 Å². The molecule has 21 heavy (non-hydrogen) atoms. The van der Waals surface area contributed by atoms with E-state index in [-0.39, 0.29) is 6.04 Å². The molecule has 4 heteroatoms. The van der Waals surface area contributed by atoms with Crippen LogP contribution in [-0.4, -0.2) is 11.0 Å². The van der Waals surface area contributed by atoms with Crippen LogP contribution in [0.15, 0.2) is 36.5 Å². The van der Waals surface area contributed by atoms with Gasteiger partial charge in [0.05, 0.1) is 0 Å². The van der Waals surface area contributed by atoms with Crippen molar-refractivity contribution in [3.05, 3.63) is 58.9 Å². The summed E-state index contributed by atoms with van der Waals surface area (Å²) in [4.78, 5) is 4.03. The average molecular weight is 281 g/mol. The fraction of sp³-hybridized carbons (Fsp3) is 0.294. The van der Waals surface area contributed by atoms with Crippen LogP contribution in [0.25, 0.3) is 0 Å². The molecule has 0 saturated heterocycles. The zero-order chi connectivity index (χ0) is 15.2. The monoisotopic (exact) mass is 281 g/mol. The highest BCUT2D eigenvalue weighted by molar-refractivity contribution is 5.38. The molecule has 0 aliphatic carbocycles. The predicted molar refractivity (Wildman–Crippen MR) is 81.8 cm³/mol. The van der Waals surface area contributed by atoms with Crippen molar-refractivity contribution in [2.75, 3.05) is 0 Å². The molecule has 0 amide bonds. The number of hydrogen-bond donors (Lipinski definition) is 1. The lowest BCUT2D eigenvalue weighted by atomic mass is 10.0. The van der Waals surface area contributed by atoms with Crippen molar-refractivity contribution in [3.63, 3.8) is 0 Å². The number of nitrogens with two attached hydrogens (primary N) is 1. The zero-order valence-electron chi connectivity index (χ0n) is 12.3. The maximum Gasteiger partial charge on any atom is 0.147 e. The summed E-state index contributed by atoms with van der Waals surface area (Å²) in [6.07, 6.45) is 2.37. The first-order chi connectivity index (χ1) is 10.1. The summed E-state index contributed by atoms with van der Waals surface area (Å²) in [6.45, 7) is 4.34. The van der Waals surface area contributed by atoms with Gasteiger partial charge in [0.1, 0.15) is 24.1 Å². The molecule has 1 heterocycles. The lowest BCUT2D eigenvalue weighted by Crippen LogP contribution is -2.18. The van der Waals surface area contributed by atoms with Crippen molar-refractivity contribution in [2.45, 2.75) is 32.9 Å². The number of nitriles is 1. The standard InChI is InChI=1S/C17H19N3O/c1-12-5-6-17(15(8-12)9-13(2)19)21-11-14-4-3-7-20-16(14)10-18/h3-8,13H,9,11,19H2,1-2H3.